The fourth-order valence-electron chi connectivity index (χ4n) is 5.00. The van der Waals surface area contributed by atoms with Gasteiger partial charge in [0.1, 0.15) is 18.2 Å². The molecule has 1 aliphatic rings. The van der Waals surface area contributed by atoms with E-state index in [1.54, 1.807) is 72.8 Å². The van der Waals surface area contributed by atoms with Gasteiger partial charge in [0.15, 0.2) is 0 Å². The van der Waals surface area contributed by atoms with Crippen LogP contribution >= 0.6 is 23.2 Å². The zero-order valence-corrected chi connectivity index (χ0v) is 24.8. The van der Waals surface area contributed by atoms with Gasteiger partial charge < -0.3 is 9.64 Å². The third-order valence-electron chi connectivity index (χ3n) is 6.83. The van der Waals surface area contributed by atoms with Crippen LogP contribution in [0.15, 0.2) is 72.8 Å². The number of carbonyl (C=O) groups is 2. The Morgan fingerprint density at radius 3 is 2.07 bits per heavy atom. The van der Waals surface area contributed by atoms with Crippen molar-refractivity contribution in [1.82, 2.24) is 9.62 Å². The minimum Gasteiger partial charge on any atom is -0.358 e. The van der Waals surface area contributed by atoms with Gasteiger partial charge in [-0.25, -0.2) is 8.42 Å². The molecular weight excluding hydrogens is 585 g/mol. The molecule has 3 aromatic rings. The molecule has 0 unspecified atom stereocenters. The normalized spacial score (nSPS) is 19.8. The third-order valence-corrected chi connectivity index (χ3v) is 7.90. The van der Waals surface area contributed by atoms with Crippen LogP contribution in [0.5, 0.6) is 0 Å². The van der Waals surface area contributed by atoms with Crippen LogP contribution in [-0.4, -0.2) is 43.5 Å². The fraction of sp³-hybridized carbons (Fsp3) is 0.300. The van der Waals surface area contributed by atoms with E-state index in [-0.39, 0.29) is 12.8 Å². The van der Waals surface area contributed by atoms with E-state index < -0.39 is 46.1 Å². The van der Waals surface area contributed by atoms with E-state index in [1.165, 1.54) is 4.90 Å². The van der Waals surface area contributed by atoms with Crippen molar-refractivity contribution in [3.8, 4) is 6.07 Å². The maximum absolute atomic E-state index is 14.3. The summed E-state index contributed by atoms with van der Waals surface area (Å²) >= 11 is 12.4. The third kappa shape index (κ3) is 7.46. The molecule has 0 bridgehead atoms. The highest BCUT2D eigenvalue weighted by Crippen LogP contribution is 2.44. The molecule has 4 atom stereocenters. The Kier molecular flexibility index (Phi) is 9.72. The van der Waals surface area contributed by atoms with E-state index >= 15 is 0 Å². The van der Waals surface area contributed by atoms with E-state index in [1.807, 2.05) is 6.92 Å². The summed E-state index contributed by atoms with van der Waals surface area (Å²) in [5.41, 5.74) is 2.62. The van der Waals surface area contributed by atoms with Crippen molar-refractivity contribution in [1.29, 1.82) is 5.26 Å². The molecule has 214 valence electrons. The van der Waals surface area contributed by atoms with Gasteiger partial charge in [-0.2, -0.15) is 5.26 Å². The van der Waals surface area contributed by atoms with Gasteiger partial charge in [-0.05, 0) is 59.5 Å². The number of hydrogen-bond acceptors (Lipinski definition) is 6. The molecule has 0 aromatic heterocycles. The molecule has 1 fully saturated rings. The highest BCUT2D eigenvalue weighted by Gasteiger charge is 2.48. The molecule has 0 radical (unpaired) electrons. The number of halogens is 2. The number of carbonyl (C=O) groups excluding carboxylic acids is 2. The first kappa shape index (κ1) is 30.5. The minimum absolute atomic E-state index is 0.172. The van der Waals surface area contributed by atoms with E-state index in [4.69, 9.17) is 27.9 Å². The summed E-state index contributed by atoms with van der Waals surface area (Å²) in [6.45, 7) is 1.86. The van der Waals surface area contributed by atoms with Gasteiger partial charge in [0.25, 0.3) is 11.8 Å². The van der Waals surface area contributed by atoms with E-state index in [2.05, 4.69) is 10.8 Å². The van der Waals surface area contributed by atoms with Crippen LogP contribution in [0.2, 0.25) is 10.0 Å². The van der Waals surface area contributed by atoms with Crippen molar-refractivity contribution in [2.24, 2.45) is 0 Å². The Balaban J connectivity index is 1.87. The second-order valence-electron chi connectivity index (χ2n) is 9.89. The summed E-state index contributed by atoms with van der Waals surface area (Å²) in [6.07, 6.45) is 0.0540. The second-order valence-corrected chi connectivity index (χ2v) is 12.5. The van der Waals surface area contributed by atoms with Crippen LogP contribution in [0, 0.1) is 11.3 Å². The van der Waals surface area contributed by atoms with E-state index in [0.717, 1.165) is 17.4 Å². The SMILES string of the molecule is CCC[C@@H](C(=O)NS(C)(=O)=O)N1C(=O)[C@@H](Cc2ccc(C#N)cc2)O[C@H](c2ccc(Cl)cc2)[C@@H]1c1ccc(Cl)cc1. The number of nitrogens with zero attached hydrogens (tertiary/aromatic N) is 2. The van der Waals surface area contributed by atoms with E-state index in [0.29, 0.717) is 27.6 Å². The lowest BCUT2D eigenvalue weighted by molar-refractivity contribution is -0.181. The van der Waals surface area contributed by atoms with Gasteiger partial charge in [-0.1, -0.05) is 72.9 Å². The Morgan fingerprint density at radius 1 is 1.00 bits per heavy atom. The van der Waals surface area contributed by atoms with Gasteiger partial charge in [0.05, 0.1) is 23.9 Å². The first-order valence-corrected chi connectivity index (χ1v) is 15.6. The summed E-state index contributed by atoms with van der Waals surface area (Å²) in [5.74, 6) is -1.25. The Hall–Kier alpha value is -3.42. The monoisotopic (exact) mass is 613 g/mol. The van der Waals surface area contributed by atoms with Crippen LogP contribution in [0.4, 0.5) is 0 Å². The topological polar surface area (TPSA) is 117 Å². The molecule has 0 aliphatic carbocycles. The number of hydrogen-bond donors (Lipinski definition) is 1. The van der Waals surface area contributed by atoms with Crippen molar-refractivity contribution >= 4 is 45.0 Å². The van der Waals surface area contributed by atoms with Crippen LogP contribution in [0.25, 0.3) is 0 Å². The molecule has 1 saturated heterocycles. The van der Waals surface area contributed by atoms with Crippen molar-refractivity contribution < 1.29 is 22.7 Å². The van der Waals surface area contributed by atoms with Crippen molar-refractivity contribution in [3.63, 3.8) is 0 Å². The van der Waals surface area contributed by atoms with Gasteiger partial charge in [-0.3, -0.25) is 14.3 Å². The summed E-state index contributed by atoms with van der Waals surface area (Å²) in [5, 5.41) is 10.2. The number of nitrogens with one attached hydrogen (secondary N) is 1. The molecule has 2 amide bonds. The number of rotatable bonds is 9. The van der Waals surface area contributed by atoms with E-state index in [9.17, 15) is 23.3 Å². The minimum atomic E-state index is -3.90. The summed E-state index contributed by atoms with van der Waals surface area (Å²) in [6, 6.07) is 20.9. The molecule has 0 saturated carbocycles. The summed E-state index contributed by atoms with van der Waals surface area (Å²) in [4.78, 5) is 29.2. The second kappa shape index (κ2) is 13.0. The fourth-order valence-corrected chi connectivity index (χ4v) is 5.75. The van der Waals surface area contributed by atoms with Gasteiger partial charge in [0, 0.05) is 16.5 Å². The first-order valence-electron chi connectivity index (χ1n) is 13.0. The zero-order chi connectivity index (χ0) is 29.7. The maximum atomic E-state index is 14.3. The van der Waals surface area contributed by atoms with Gasteiger partial charge >= 0.3 is 0 Å². The predicted octanol–water partition coefficient (Wildman–Crippen LogP) is 5.36. The zero-order valence-electron chi connectivity index (χ0n) is 22.5. The molecule has 11 heteroatoms. The number of benzene rings is 3. The molecule has 3 aromatic carbocycles. The average Bonchev–Trinajstić information content (AvgIpc) is 2.93. The highest BCUT2D eigenvalue weighted by molar-refractivity contribution is 7.89. The highest BCUT2D eigenvalue weighted by atomic mass is 35.5. The number of ether oxygens (including phenoxy) is 1. The molecule has 8 nitrogen and oxygen atoms in total. The van der Waals surface area contributed by atoms with Crippen LogP contribution < -0.4 is 4.72 Å². The number of nitriles is 1. The number of amides is 2. The first-order chi connectivity index (χ1) is 19.5. The largest absolute Gasteiger partial charge is 0.358 e. The Labute approximate surface area is 249 Å². The van der Waals surface area contributed by atoms with Crippen molar-refractivity contribution in [3.05, 3.63) is 105 Å². The average molecular weight is 615 g/mol. The predicted molar refractivity (Wildman–Crippen MR) is 157 cm³/mol. The number of morpholine rings is 1. The van der Waals surface area contributed by atoms with Crippen molar-refractivity contribution in [2.45, 2.75) is 50.5 Å². The van der Waals surface area contributed by atoms with Gasteiger partial charge in [-0.15, -0.1) is 0 Å². The standard InChI is InChI=1S/C30H29Cl2N3O5S/c1-3-4-25(29(36)34-41(2,38)39)35-27(21-9-13-23(31)14-10-21)28(22-11-15-24(32)16-12-22)40-26(30(35)37)17-19-5-7-20(18-33)8-6-19/h5-16,25-28H,3-4,17H2,1-2H3,(H,34,36)/t25-,26+,27-,28+/m0/s1. The smallest absolute Gasteiger partial charge is 0.256 e. The van der Waals surface area contributed by atoms with Crippen LogP contribution in [-0.2, 0) is 30.8 Å². The van der Waals surface area contributed by atoms with Crippen LogP contribution in [0.3, 0.4) is 0 Å². The molecule has 1 heterocycles. The van der Waals surface area contributed by atoms with Crippen molar-refractivity contribution in [2.75, 3.05) is 6.26 Å². The quantitative estimate of drug-likeness (QED) is 0.347. The molecule has 1 aliphatic heterocycles. The molecule has 41 heavy (non-hydrogen) atoms. The Morgan fingerprint density at radius 2 is 1.56 bits per heavy atom. The number of sulfonamides is 1. The molecule has 4 rings (SSSR count). The summed E-state index contributed by atoms with van der Waals surface area (Å²) in [7, 11) is -3.90. The lowest BCUT2D eigenvalue weighted by Crippen LogP contribution is -2.59. The maximum Gasteiger partial charge on any atom is 0.256 e. The van der Waals surface area contributed by atoms with Crippen LogP contribution in [0.1, 0.15) is 54.2 Å². The molecular formula is C30H29Cl2N3O5S. The molecule has 1 N–H and O–H groups in total. The summed E-state index contributed by atoms with van der Waals surface area (Å²) < 4.78 is 32.7. The van der Waals surface area contributed by atoms with Gasteiger partial charge in [0.2, 0.25) is 10.0 Å². The lowest BCUT2D eigenvalue weighted by Gasteiger charge is -2.47. The molecule has 0 spiro atoms. The Bertz CT molecular complexity index is 1540. The lowest BCUT2D eigenvalue weighted by atomic mass is 9.88.